The summed E-state index contributed by atoms with van der Waals surface area (Å²) < 4.78 is 78.5. The lowest BCUT2D eigenvalue weighted by Crippen LogP contribution is -2.49. The molecule has 0 amide bonds. The molecule has 3 rings (SSSR count). The Balaban J connectivity index is 1.84. The maximum atomic E-state index is 13.0. The molecule has 1 saturated heterocycles. The number of nitrogens with zero attached hydrogens (tertiary/aromatic N) is 3. The molecule has 2 heterocycles. The summed E-state index contributed by atoms with van der Waals surface area (Å²) in [5, 5.41) is -0.528. The molecule has 8 nitrogen and oxygen atoms in total. The summed E-state index contributed by atoms with van der Waals surface area (Å²) in [5.41, 5.74) is 0.764. The molecule has 1 atom stereocenters. The molecular formula is C18H20F3N3O5S. The predicted molar refractivity (Wildman–Crippen MR) is 100 cm³/mol. The SMILES string of the molecule is COc1ccc(COc2cc(N3CCOC(C(F)(F)F)C3)nc(S(C)(=O)=O)n2)cc1. The normalized spacial score (nSPS) is 17.6. The Kier molecular flexibility index (Phi) is 6.36. The number of anilines is 1. The second-order valence-corrected chi connectivity index (χ2v) is 8.51. The highest BCUT2D eigenvalue weighted by Gasteiger charge is 2.43. The smallest absolute Gasteiger partial charge is 0.416 e. The van der Waals surface area contributed by atoms with Gasteiger partial charge in [0.15, 0.2) is 6.10 Å². The van der Waals surface area contributed by atoms with E-state index in [4.69, 9.17) is 14.2 Å². The van der Waals surface area contributed by atoms with Crippen LogP contribution in [0.15, 0.2) is 35.5 Å². The van der Waals surface area contributed by atoms with Gasteiger partial charge in [0, 0.05) is 18.9 Å². The average Bonchev–Trinajstić information content (AvgIpc) is 2.71. The fraction of sp³-hybridized carbons (Fsp3) is 0.444. The predicted octanol–water partition coefficient (Wildman–Crippen LogP) is 2.24. The second-order valence-electron chi connectivity index (χ2n) is 6.60. The summed E-state index contributed by atoms with van der Waals surface area (Å²) in [5.74, 6) is 0.618. The Bertz CT molecular complexity index is 984. The number of rotatable bonds is 6. The Morgan fingerprint density at radius 3 is 2.53 bits per heavy atom. The first-order valence-electron chi connectivity index (χ1n) is 8.84. The van der Waals surface area contributed by atoms with Crippen LogP contribution in [0.1, 0.15) is 5.56 Å². The zero-order chi connectivity index (χ0) is 21.9. The summed E-state index contributed by atoms with van der Waals surface area (Å²) in [7, 11) is -2.28. The molecule has 30 heavy (non-hydrogen) atoms. The number of alkyl halides is 3. The molecule has 12 heteroatoms. The molecule has 1 aromatic heterocycles. The van der Waals surface area contributed by atoms with Gasteiger partial charge in [-0.25, -0.2) is 13.4 Å². The van der Waals surface area contributed by atoms with Crippen LogP contribution in [-0.2, 0) is 21.2 Å². The van der Waals surface area contributed by atoms with Gasteiger partial charge in [0.05, 0.1) is 20.3 Å². The molecule has 2 aromatic rings. The topological polar surface area (TPSA) is 90.9 Å². The lowest BCUT2D eigenvalue weighted by Gasteiger charge is -2.34. The highest BCUT2D eigenvalue weighted by molar-refractivity contribution is 7.90. The third kappa shape index (κ3) is 5.51. The van der Waals surface area contributed by atoms with Crippen molar-refractivity contribution in [2.24, 2.45) is 0 Å². The lowest BCUT2D eigenvalue weighted by atomic mass is 10.2. The van der Waals surface area contributed by atoms with Gasteiger partial charge in [0.25, 0.3) is 5.16 Å². The second kappa shape index (κ2) is 8.64. The highest BCUT2D eigenvalue weighted by Crippen LogP contribution is 2.29. The number of morpholine rings is 1. The first-order valence-corrected chi connectivity index (χ1v) is 10.7. The molecule has 1 fully saturated rings. The van der Waals surface area contributed by atoms with Gasteiger partial charge in [0.1, 0.15) is 18.2 Å². The summed E-state index contributed by atoms with van der Waals surface area (Å²) >= 11 is 0. The van der Waals surface area contributed by atoms with Gasteiger partial charge in [-0.05, 0) is 17.7 Å². The van der Waals surface area contributed by atoms with Crippen molar-refractivity contribution in [1.29, 1.82) is 0 Å². The number of ether oxygens (including phenoxy) is 3. The van der Waals surface area contributed by atoms with Gasteiger partial charge in [-0.1, -0.05) is 12.1 Å². The quantitative estimate of drug-likeness (QED) is 0.623. The van der Waals surface area contributed by atoms with Crippen LogP contribution in [0.4, 0.5) is 19.0 Å². The third-order valence-electron chi connectivity index (χ3n) is 4.30. The van der Waals surface area contributed by atoms with E-state index in [1.54, 1.807) is 24.3 Å². The van der Waals surface area contributed by atoms with Crippen LogP contribution in [0, 0.1) is 0 Å². The van der Waals surface area contributed by atoms with Crippen LogP contribution >= 0.6 is 0 Å². The molecule has 164 valence electrons. The molecule has 1 aliphatic heterocycles. The van der Waals surface area contributed by atoms with Crippen LogP contribution in [-0.4, -0.2) is 63.7 Å². The zero-order valence-electron chi connectivity index (χ0n) is 16.2. The molecule has 0 spiro atoms. The molecule has 1 aliphatic rings. The van der Waals surface area contributed by atoms with Gasteiger partial charge in [-0.15, -0.1) is 0 Å². The van der Waals surface area contributed by atoms with Crippen LogP contribution in [0.3, 0.4) is 0 Å². The van der Waals surface area contributed by atoms with Gasteiger partial charge >= 0.3 is 6.18 Å². The lowest BCUT2D eigenvalue weighted by molar-refractivity contribution is -0.221. The number of sulfone groups is 1. The van der Waals surface area contributed by atoms with E-state index in [-0.39, 0.29) is 31.5 Å². The van der Waals surface area contributed by atoms with E-state index in [0.29, 0.717) is 5.75 Å². The minimum Gasteiger partial charge on any atom is -0.497 e. The summed E-state index contributed by atoms with van der Waals surface area (Å²) in [6.45, 7) is -0.505. The van der Waals surface area contributed by atoms with Gasteiger partial charge in [0.2, 0.25) is 15.7 Å². The minimum atomic E-state index is -4.54. The fourth-order valence-corrected chi connectivity index (χ4v) is 3.24. The van der Waals surface area contributed by atoms with Crippen LogP contribution in [0.5, 0.6) is 11.6 Å². The molecule has 1 unspecified atom stereocenters. The van der Waals surface area contributed by atoms with E-state index in [9.17, 15) is 21.6 Å². The van der Waals surface area contributed by atoms with Crippen molar-refractivity contribution in [3.63, 3.8) is 0 Å². The fourth-order valence-electron chi connectivity index (χ4n) is 2.73. The monoisotopic (exact) mass is 447 g/mol. The standard InChI is InChI=1S/C18H20F3N3O5S/c1-27-13-5-3-12(4-6-13)11-29-16-9-15(22-17(23-16)30(2,25)26)24-7-8-28-14(10-24)18(19,20)21/h3-6,9,14H,7-8,10-11H2,1-2H3. The van der Waals surface area contributed by atoms with Crippen LogP contribution < -0.4 is 14.4 Å². The summed E-state index contributed by atoms with van der Waals surface area (Å²) in [6.07, 6.45) is -5.62. The number of hydrogen-bond donors (Lipinski definition) is 0. The summed E-state index contributed by atoms with van der Waals surface area (Å²) in [6, 6.07) is 8.30. The Morgan fingerprint density at radius 1 is 1.23 bits per heavy atom. The number of halogens is 3. The summed E-state index contributed by atoms with van der Waals surface area (Å²) in [4.78, 5) is 9.12. The average molecular weight is 447 g/mol. The van der Waals surface area contributed by atoms with E-state index in [1.165, 1.54) is 18.1 Å². The molecule has 0 radical (unpaired) electrons. The van der Waals surface area contributed by atoms with E-state index in [0.717, 1.165) is 11.8 Å². The molecule has 0 bridgehead atoms. The van der Waals surface area contributed by atoms with Crippen molar-refractivity contribution in [3.8, 4) is 11.6 Å². The Hall–Kier alpha value is -2.60. The van der Waals surface area contributed by atoms with Gasteiger partial charge in [-0.2, -0.15) is 18.2 Å². The van der Waals surface area contributed by atoms with Crippen molar-refractivity contribution in [2.75, 3.05) is 38.0 Å². The van der Waals surface area contributed by atoms with E-state index in [2.05, 4.69) is 9.97 Å². The molecule has 0 N–H and O–H groups in total. The molecular weight excluding hydrogens is 427 g/mol. The van der Waals surface area contributed by atoms with Crippen molar-refractivity contribution < 1.29 is 35.8 Å². The minimum absolute atomic E-state index is 0.0210. The van der Waals surface area contributed by atoms with Crippen molar-refractivity contribution in [2.45, 2.75) is 24.0 Å². The number of hydrogen-bond acceptors (Lipinski definition) is 8. The van der Waals surface area contributed by atoms with E-state index in [1.807, 2.05) is 0 Å². The van der Waals surface area contributed by atoms with Crippen LogP contribution in [0.25, 0.3) is 0 Å². The van der Waals surface area contributed by atoms with E-state index < -0.39 is 33.8 Å². The van der Waals surface area contributed by atoms with E-state index >= 15 is 0 Å². The number of benzene rings is 1. The Labute approximate surface area is 171 Å². The third-order valence-corrected chi connectivity index (χ3v) is 5.15. The molecule has 0 saturated carbocycles. The Morgan fingerprint density at radius 2 is 1.93 bits per heavy atom. The first kappa shape index (κ1) is 22.1. The largest absolute Gasteiger partial charge is 0.497 e. The van der Waals surface area contributed by atoms with Crippen molar-refractivity contribution in [3.05, 3.63) is 35.9 Å². The van der Waals surface area contributed by atoms with Crippen molar-refractivity contribution >= 4 is 15.7 Å². The van der Waals surface area contributed by atoms with Gasteiger partial charge < -0.3 is 19.1 Å². The highest BCUT2D eigenvalue weighted by atomic mass is 32.2. The van der Waals surface area contributed by atoms with Crippen LogP contribution in [0.2, 0.25) is 0 Å². The molecule has 1 aromatic carbocycles. The maximum absolute atomic E-state index is 13.0. The maximum Gasteiger partial charge on any atom is 0.416 e. The number of aromatic nitrogens is 2. The molecule has 0 aliphatic carbocycles. The van der Waals surface area contributed by atoms with Gasteiger partial charge in [-0.3, -0.25) is 0 Å². The zero-order valence-corrected chi connectivity index (χ0v) is 17.0. The van der Waals surface area contributed by atoms with Crippen molar-refractivity contribution in [1.82, 2.24) is 9.97 Å². The number of methoxy groups -OCH3 is 1. The first-order chi connectivity index (χ1) is 14.1.